The number of carbonyl (C=O) groups excluding carboxylic acids is 2. The first-order valence-corrected chi connectivity index (χ1v) is 9.06. The van der Waals surface area contributed by atoms with Gasteiger partial charge in [-0.3, -0.25) is 9.59 Å². The molecule has 0 aliphatic heterocycles. The van der Waals surface area contributed by atoms with E-state index in [0.717, 1.165) is 5.56 Å². The molecule has 1 heterocycles. The summed E-state index contributed by atoms with van der Waals surface area (Å²) in [5.41, 5.74) is 0.847. The minimum atomic E-state index is -3.71. The Labute approximate surface area is 145 Å². The van der Waals surface area contributed by atoms with Crippen LogP contribution in [0.25, 0.3) is 0 Å². The molecule has 8 nitrogen and oxygen atoms in total. The first kappa shape index (κ1) is 18.7. The molecule has 1 aromatic heterocycles. The number of nitrogens with one attached hydrogen (secondary N) is 2. The fourth-order valence-corrected chi connectivity index (χ4v) is 2.59. The highest BCUT2D eigenvalue weighted by Crippen LogP contribution is 2.09. The van der Waals surface area contributed by atoms with Gasteiger partial charge in [-0.05, 0) is 43.2 Å². The van der Waals surface area contributed by atoms with Gasteiger partial charge in [-0.25, -0.2) is 13.6 Å². The summed E-state index contributed by atoms with van der Waals surface area (Å²) in [6, 6.07) is 8.47. The number of hydrogen-bond donors (Lipinski definition) is 3. The highest BCUT2D eigenvalue weighted by atomic mass is 32.2. The van der Waals surface area contributed by atoms with Crippen molar-refractivity contribution in [2.45, 2.75) is 24.3 Å². The zero-order valence-corrected chi connectivity index (χ0v) is 14.4. The number of rotatable bonds is 7. The van der Waals surface area contributed by atoms with Crippen molar-refractivity contribution in [2.24, 2.45) is 5.14 Å². The first-order valence-electron chi connectivity index (χ1n) is 7.51. The minimum Gasteiger partial charge on any atom is -0.459 e. The van der Waals surface area contributed by atoms with Gasteiger partial charge in [0.05, 0.1) is 11.2 Å². The van der Waals surface area contributed by atoms with E-state index in [-0.39, 0.29) is 16.6 Å². The summed E-state index contributed by atoms with van der Waals surface area (Å²) < 4.78 is 27.3. The molecular formula is C16H19N3O5S. The Morgan fingerprint density at radius 3 is 2.44 bits per heavy atom. The smallest absolute Gasteiger partial charge is 0.287 e. The van der Waals surface area contributed by atoms with Crippen LogP contribution in [0.1, 0.15) is 23.0 Å². The third-order valence-corrected chi connectivity index (χ3v) is 4.38. The molecule has 2 rings (SSSR count). The van der Waals surface area contributed by atoms with E-state index in [1.807, 2.05) is 0 Å². The van der Waals surface area contributed by atoms with Crippen LogP contribution in [0.5, 0.6) is 0 Å². The summed E-state index contributed by atoms with van der Waals surface area (Å²) in [6.45, 7) is 1.91. The molecule has 0 saturated carbocycles. The molecule has 2 aromatic rings. The van der Waals surface area contributed by atoms with E-state index in [9.17, 15) is 18.0 Å². The topological polar surface area (TPSA) is 132 Å². The average molecular weight is 365 g/mol. The van der Waals surface area contributed by atoms with Gasteiger partial charge in [0.25, 0.3) is 5.91 Å². The molecule has 134 valence electrons. The van der Waals surface area contributed by atoms with Gasteiger partial charge in [0, 0.05) is 6.54 Å². The van der Waals surface area contributed by atoms with Crippen LogP contribution >= 0.6 is 0 Å². The number of nitrogens with two attached hydrogens (primary N) is 1. The number of carbonyl (C=O) groups is 2. The molecule has 4 N–H and O–H groups in total. The van der Waals surface area contributed by atoms with Crippen molar-refractivity contribution in [2.75, 3.05) is 6.54 Å². The predicted octanol–water partition coefficient (Wildman–Crippen LogP) is 0.404. The van der Waals surface area contributed by atoms with E-state index in [1.54, 1.807) is 25.1 Å². The summed E-state index contributed by atoms with van der Waals surface area (Å²) in [4.78, 5) is 23.8. The molecule has 2 amide bonds. The van der Waals surface area contributed by atoms with Crippen molar-refractivity contribution >= 4 is 21.8 Å². The molecule has 0 bridgehead atoms. The van der Waals surface area contributed by atoms with E-state index in [2.05, 4.69) is 10.6 Å². The number of benzene rings is 1. The van der Waals surface area contributed by atoms with Gasteiger partial charge in [0.15, 0.2) is 5.76 Å². The maximum Gasteiger partial charge on any atom is 0.287 e. The number of primary sulfonamides is 1. The second-order valence-electron chi connectivity index (χ2n) is 5.40. The van der Waals surface area contributed by atoms with Crippen LogP contribution in [0.3, 0.4) is 0 Å². The highest BCUT2D eigenvalue weighted by molar-refractivity contribution is 7.89. The zero-order chi connectivity index (χ0) is 18.4. The third kappa shape index (κ3) is 5.44. The van der Waals surface area contributed by atoms with Crippen LogP contribution in [0.15, 0.2) is 52.0 Å². The first-order chi connectivity index (χ1) is 11.8. The SMILES string of the molecule is C[C@@H](NC(=O)c1ccco1)C(=O)NCCc1ccc(S(N)(=O)=O)cc1. The van der Waals surface area contributed by atoms with Gasteiger partial charge in [-0.2, -0.15) is 0 Å². The van der Waals surface area contributed by atoms with E-state index < -0.39 is 22.0 Å². The number of sulfonamides is 1. The molecule has 0 fully saturated rings. The van der Waals surface area contributed by atoms with Crippen LogP contribution in [-0.4, -0.2) is 32.8 Å². The lowest BCUT2D eigenvalue weighted by molar-refractivity contribution is -0.122. The van der Waals surface area contributed by atoms with E-state index in [0.29, 0.717) is 13.0 Å². The summed E-state index contributed by atoms with van der Waals surface area (Å²) in [5, 5.41) is 10.3. The van der Waals surface area contributed by atoms with E-state index in [1.165, 1.54) is 24.5 Å². The van der Waals surface area contributed by atoms with E-state index >= 15 is 0 Å². The summed E-state index contributed by atoms with van der Waals surface area (Å²) in [7, 11) is -3.71. The molecule has 0 spiro atoms. The molecule has 1 atom stereocenters. The van der Waals surface area contributed by atoms with Crippen molar-refractivity contribution in [1.82, 2.24) is 10.6 Å². The Hall–Kier alpha value is -2.65. The average Bonchev–Trinajstić information content (AvgIpc) is 3.09. The lowest BCUT2D eigenvalue weighted by Gasteiger charge is -2.13. The van der Waals surface area contributed by atoms with Crippen LogP contribution < -0.4 is 15.8 Å². The van der Waals surface area contributed by atoms with Crippen LogP contribution in [0, 0.1) is 0 Å². The highest BCUT2D eigenvalue weighted by Gasteiger charge is 2.17. The predicted molar refractivity (Wildman–Crippen MR) is 90.2 cm³/mol. The zero-order valence-electron chi connectivity index (χ0n) is 13.6. The molecule has 25 heavy (non-hydrogen) atoms. The molecule has 0 aliphatic rings. The lowest BCUT2D eigenvalue weighted by atomic mass is 10.1. The lowest BCUT2D eigenvalue weighted by Crippen LogP contribution is -2.45. The molecule has 9 heteroatoms. The number of hydrogen-bond acceptors (Lipinski definition) is 5. The summed E-state index contributed by atoms with van der Waals surface area (Å²) in [5.74, 6) is -0.665. The van der Waals surface area contributed by atoms with Gasteiger partial charge < -0.3 is 15.1 Å². The normalized spacial score (nSPS) is 12.4. The van der Waals surface area contributed by atoms with Gasteiger partial charge in [-0.15, -0.1) is 0 Å². The largest absolute Gasteiger partial charge is 0.459 e. The van der Waals surface area contributed by atoms with E-state index in [4.69, 9.17) is 9.56 Å². The molecule has 0 unspecified atom stereocenters. The monoisotopic (exact) mass is 365 g/mol. The third-order valence-electron chi connectivity index (χ3n) is 3.45. The molecule has 0 aliphatic carbocycles. The fourth-order valence-electron chi connectivity index (χ4n) is 2.07. The Morgan fingerprint density at radius 2 is 1.88 bits per heavy atom. The second kappa shape index (κ2) is 7.95. The molecule has 0 radical (unpaired) electrons. The van der Waals surface area contributed by atoms with Gasteiger partial charge in [0.2, 0.25) is 15.9 Å². The maximum absolute atomic E-state index is 12.0. The number of furan rings is 1. The standard InChI is InChI=1S/C16H19N3O5S/c1-11(19-16(21)14-3-2-10-24-14)15(20)18-9-8-12-4-6-13(7-5-12)25(17,22)23/h2-7,10-11H,8-9H2,1H3,(H,18,20)(H,19,21)(H2,17,22,23)/t11-/m1/s1. The van der Waals surface area contributed by atoms with Crippen molar-refractivity contribution in [3.8, 4) is 0 Å². The van der Waals surface area contributed by atoms with Crippen LogP contribution in [0.2, 0.25) is 0 Å². The van der Waals surface area contributed by atoms with Crippen LogP contribution in [0.4, 0.5) is 0 Å². The van der Waals surface area contributed by atoms with Crippen molar-refractivity contribution < 1.29 is 22.4 Å². The van der Waals surface area contributed by atoms with Crippen molar-refractivity contribution in [3.05, 3.63) is 54.0 Å². The van der Waals surface area contributed by atoms with Crippen molar-refractivity contribution in [3.63, 3.8) is 0 Å². The molecule has 1 aromatic carbocycles. The number of amides is 2. The Kier molecular flexibility index (Phi) is 5.94. The Bertz CT molecular complexity index is 829. The fraction of sp³-hybridized carbons (Fsp3) is 0.250. The second-order valence-corrected chi connectivity index (χ2v) is 6.96. The van der Waals surface area contributed by atoms with Crippen molar-refractivity contribution in [1.29, 1.82) is 0 Å². The molecule has 0 saturated heterocycles. The Morgan fingerprint density at radius 1 is 1.20 bits per heavy atom. The maximum atomic E-state index is 12.0. The minimum absolute atomic E-state index is 0.0366. The summed E-state index contributed by atoms with van der Waals surface area (Å²) >= 11 is 0. The quantitative estimate of drug-likeness (QED) is 0.654. The Balaban J connectivity index is 1.79. The van der Waals surface area contributed by atoms with Gasteiger partial charge in [-0.1, -0.05) is 12.1 Å². The van der Waals surface area contributed by atoms with Crippen LogP contribution in [-0.2, 0) is 21.2 Å². The summed E-state index contributed by atoms with van der Waals surface area (Å²) in [6.07, 6.45) is 1.89. The molecular weight excluding hydrogens is 346 g/mol. The van der Waals surface area contributed by atoms with Gasteiger partial charge >= 0.3 is 0 Å². The van der Waals surface area contributed by atoms with Gasteiger partial charge in [0.1, 0.15) is 6.04 Å².